The molecule has 0 amide bonds. The van der Waals surface area contributed by atoms with E-state index in [4.69, 9.17) is 0 Å². The lowest BCUT2D eigenvalue weighted by Gasteiger charge is -2.39. The molecule has 29 heavy (non-hydrogen) atoms. The SMILES string of the molecule is CCCC[N+](CCCC)(CCCC)CCCC.F[B-](F)(F)/C=C/c1ccccc1. The Morgan fingerprint density at radius 1 is 0.690 bits per heavy atom. The number of unbranched alkanes of at least 4 members (excludes halogenated alkanes) is 4. The summed E-state index contributed by atoms with van der Waals surface area (Å²) in [6.07, 6.45) is 12.1. The molecule has 0 radical (unpaired) electrons. The van der Waals surface area contributed by atoms with E-state index in [0.717, 1.165) is 6.08 Å². The molecule has 1 rings (SSSR count). The van der Waals surface area contributed by atoms with E-state index in [1.54, 1.807) is 30.3 Å². The minimum atomic E-state index is -4.81. The van der Waals surface area contributed by atoms with Crippen molar-refractivity contribution in [1.82, 2.24) is 0 Å². The van der Waals surface area contributed by atoms with Gasteiger partial charge in [0.2, 0.25) is 0 Å². The van der Waals surface area contributed by atoms with Gasteiger partial charge in [0.1, 0.15) is 0 Å². The molecule has 1 aromatic carbocycles. The highest BCUT2D eigenvalue weighted by molar-refractivity contribution is 6.64. The Hall–Kier alpha value is -1.23. The maximum absolute atomic E-state index is 11.7. The summed E-state index contributed by atoms with van der Waals surface area (Å²) in [6.45, 7) is 10.2. The van der Waals surface area contributed by atoms with E-state index in [1.807, 2.05) is 0 Å². The van der Waals surface area contributed by atoms with Crippen molar-refractivity contribution < 1.29 is 17.4 Å². The highest BCUT2D eigenvalue weighted by Gasteiger charge is 2.24. The van der Waals surface area contributed by atoms with E-state index in [-0.39, 0.29) is 5.98 Å². The molecular formula is C24H43BF3N. The Bertz CT molecular complexity index is 477. The van der Waals surface area contributed by atoms with Gasteiger partial charge in [0.15, 0.2) is 0 Å². The highest BCUT2D eigenvalue weighted by Crippen LogP contribution is 2.16. The summed E-state index contributed by atoms with van der Waals surface area (Å²) in [4.78, 5) is 0. The van der Waals surface area contributed by atoms with Crippen LogP contribution in [-0.2, 0) is 0 Å². The van der Waals surface area contributed by atoms with Crippen LogP contribution < -0.4 is 0 Å². The molecule has 1 aromatic rings. The molecule has 0 aliphatic carbocycles. The molecule has 0 saturated heterocycles. The molecule has 0 heterocycles. The van der Waals surface area contributed by atoms with Gasteiger partial charge in [-0.15, -0.1) is 5.98 Å². The monoisotopic (exact) mass is 413 g/mol. The molecule has 0 aliphatic rings. The molecule has 1 nitrogen and oxygen atoms in total. The van der Waals surface area contributed by atoms with Crippen molar-refractivity contribution in [2.75, 3.05) is 26.2 Å². The summed E-state index contributed by atoms with van der Waals surface area (Å²) in [5.41, 5.74) is 0.566. The second-order valence-electron chi connectivity index (χ2n) is 8.05. The first-order valence-corrected chi connectivity index (χ1v) is 11.6. The van der Waals surface area contributed by atoms with Gasteiger partial charge in [-0.25, -0.2) is 0 Å². The number of quaternary nitrogens is 1. The maximum Gasteiger partial charge on any atom is 0.502 e. The van der Waals surface area contributed by atoms with Crippen molar-refractivity contribution in [3.05, 3.63) is 41.9 Å². The zero-order valence-corrected chi connectivity index (χ0v) is 19.2. The van der Waals surface area contributed by atoms with E-state index in [2.05, 4.69) is 27.7 Å². The van der Waals surface area contributed by atoms with Crippen LogP contribution in [0.1, 0.15) is 84.6 Å². The van der Waals surface area contributed by atoms with Crippen molar-refractivity contribution in [3.8, 4) is 0 Å². The van der Waals surface area contributed by atoms with E-state index in [1.165, 1.54) is 82.0 Å². The van der Waals surface area contributed by atoms with Gasteiger partial charge in [-0.05, 0) is 31.2 Å². The molecule has 0 unspecified atom stereocenters. The fourth-order valence-electron chi connectivity index (χ4n) is 3.43. The Kier molecular flexibility index (Phi) is 15.9. The smallest absolute Gasteiger partial charge is 0.445 e. The number of hydrogen-bond donors (Lipinski definition) is 0. The first kappa shape index (κ1) is 27.8. The lowest BCUT2D eigenvalue weighted by molar-refractivity contribution is -0.929. The summed E-state index contributed by atoms with van der Waals surface area (Å²) in [7, 11) is 0. The van der Waals surface area contributed by atoms with Gasteiger partial charge in [-0.2, -0.15) is 0 Å². The van der Waals surface area contributed by atoms with Crippen LogP contribution in [0, 0.1) is 0 Å². The van der Waals surface area contributed by atoms with Crippen LogP contribution in [-0.4, -0.2) is 37.6 Å². The van der Waals surface area contributed by atoms with Gasteiger partial charge in [-0.1, -0.05) is 89.8 Å². The van der Waals surface area contributed by atoms with Crippen molar-refractivity contribution in [3.63, 3.8) is 0 Å². The predicted octanol–water partition coefficient (Wildman–Crippen LogP) is 8.09. The lowest BCUT2D eigenvalue weighted by Crippen LogP contribution is -2.50. The van der Waals surface area contributed by atoms with E-state index in [9.17, 15) is 12.9 Å². The summed E-state index contributed by atoms with van der Waals surface area (Å²) >= 11 is 0. The second-order valence-corrected chi connectivity index (χ2v) is 8.05. The minimum Gasteiger partial charge on any atom is -0.445 e. The second kappa shape index (κ2) is 16.6. The van der Waals surface area contributed by atoms with Crippen molar-refractivity contribution in [2.45, 2.75) is 79.1 Å². The van der Waals surface area contributed by atoms with Crippen molar-refractivity contribution >= 4 is 13.1 Å². The van der Waals surface area contributed by atoms with E-state index < -0.39 is 6.98 Å². The molecule has 0 atom stereocenters. The first-order chi connectivity index (χ1) is 13.8. The zero-order chi connectivity index (χ0) is 22.0. The maximum atomic E-state index is 11.7. The number of nitrogens with zero attached hydrogens (tertiary/aromatic N) is 1. The number of halogens is 3. The normalized spacial score (nSPS) is 12.1. The average molecular weight is 413 g/mol. The lowest BCUT2D eigenvalue weighted by atomic mass is 9.91. The van der Waals surface area contributed by atoms with Crippen LogP contribution in [0.4, 0.5) is 12.9 Å². The fourth-order valence-corrected chi connectivity index (χ4v) is 3.43. The van der Waals surface area contributed by atoms with Crippen molar-refractivity contribution in [2.24, 2.45) is 0 Å². The topological polar surface area (TPSA) is 0 Å². The Balaban J connectivity index is 0.000000571. The highest BCUT2D eigenvalue weighted by atomic mass is 19.4. The molecule has 0 fully saturated rings. The van der Waals surface area contributed by atoms with Gasteiger partial charge in [0.05, 0.1) is 26.2 Å². The number of benzene rings is 1. The van der Waals surface area contributed by atoms with Crippen LogP contribution in [0.2, 0.25) is 0 Å². The quantitative estimate of drug-likeness (QED) is 0.214. The third kappa shape index (κ3) is 15.3. The molecular weight excluding hydrogens is 370 g/mol. The Labute approximate surface area is 178 Å². The first-order valence-electron chi connectivity index (χ1n) is 11.6. The zero-order valence-electron chi connectivity index (χ0n) is 19.2. The fraction of sp³-hybridized carbons (Fsp3) is 0.667. The standard InChI is InChI=1S/C16H36N.C8H7BF3/c1-5-9-13-17(14-10-6-2,15-11-7-3)16-12-8-4;10-9(11,12)7-6-8-4-2-1-3-5-8/h5-16H2,1-4H3;1-7H/q+1;-1/b;7-6+. The van der Waals surface area contributed by atoms with Crippen LogP contribution in [0.5, 0.6) is 0 Å². The molecule has 168 valence electrons. The molecule has 0 aromatic heterocycles. The molecule has 0 spiro atoms. The van der Waals surface area contributed by atoms with Crippen molar-refractivity contribution in [1.29, 1.82) is 0 Å². The summed E-state index contributed by atoms with van der Waals surface area (Å²) in [5.74, 6) is 0.287. The minimum absolute atomic E-state index is 0.287. The van der Waals surface area contributed by atoms with Crippen LogP contribution >= 0.6 is 0 Å². The molecule has 0 aliphatic heterocycles. The molecule has 0 bridgehead atoms. The van der Waals surface area contributed by atoms with E-state index >= 15 is 0 Å². The summed E-state index contributed by atoms with van der Waals surface area (Å²) in [6, 6.07) is 8.40. The number of hydrogen-bond acceptors (Lipinski definition) is 0. The van der Waals surface area contributed by atoms with Gasteiger partial charge in [-0.3, -0.25) is 0 Å². The van der Waals surface area contributed by atoms with Gasteiger partial charge < -0.3 is 17.4 Å². The van der Waals surface area contributed by atoms with Crippen LogP contribution in [0.3, 0.4) is 0 Å². The van der Waals surface area contributed by atoms with E-state index in [0.29, 0.717) is 5.56 Å². The molecule has 5 heteroatoms. The van der Waals surface area contributed by atoms with Crippen LogP contribution in [0.25, 0.3) is 6.08 Å². The van der Waals surface area contributed by atoms with Crippen LogP contribution in [0.15, 0.2) is 36.3 Å². The average Bonchev–Trinajstić information content (AvgIpc) is 2.72. The molecule has 0 N–H and O–H groups in total. The summed E-state index contributed by atoms with van der Waals surface area (Å²) < 4.78 is 36.6. The summed E-state index contributed by atoms with van der Waals surface area (Å²) in [5, 5.41) is 0. The Morgan fingerprint density at radius 3 is 1.38 bits per heavy atom. The predicted molar refractivity (Wildman–Crippen MR) is 124 cm³/mol. The largest absolute Gasteiger partial charge is 0.502 e. The van der Waals surface area contributed by atoms with Gasteiger partial charge in [0.25, 0.3) is 0 Å². The Morgan fingerprint density at radius 2 is 1.07 bits per heavy atom. The third-order valence-electron chi connectivity index (χ3n) is 5.25. The van der Waals surface area contributed by atoms with Gasteiger partial charge in [0, 0.05) is 0 Å². The number of rotatable bonds is 14. The molecule has 0 saturated carbocycles. The third-order valence-corrected chi connectivity index (χ3v) is 5.25. The van der Waals surface area contributed by atoms with Gasteiger partial charge >= 0.3 is 6.98 Å².